The first-order chi connectivity index (χ1) is 9.10. The summed E-state index contributed by atoms with van der Waals surface area (Å²) in [5, 5.41) is 3.99. The zero-order chi connectivity index (χ0) is 13.8. The third kappa shape index (κ3) is 3.61. The molecule has 19 heavy (non-hydrogen) atoms. The summed E-state index contributed by atoms with van der Waals surface area (Å²) in [4.78, 5) is 11.5. The van der Waals surface area contributed by atoms with Gasteiger partial charge in [-0.05, 0) is 36.8 Å². The van der Waals surface area contributed by atoms with Crippen LogP contribution in [0.2, 0.25) is 5.02 Å². The summed E-state index contributed by atoms with van der Waals surface area (Å²) in [6.45, 7) is 3.25. The predicted octanol–water partition coefficient (Wildman–Crippen LogP) is 3.90. The summed E-state index contributed by atoms with van der Waals surface area (Å²) in [6, 6.07) is 9.03. The molecule has 0 atom stereocenters. The largest absolute Gasteiger partial charge is 0.380 e. The molecule has 1 N–H and O–H groups in total. The van der Waals surface area contributed by atoms with Crippen LogP contribution < -0.4 is 10.9 Å². The van der Waals surface area contributed by atoms with Crippen molar-refractivity contribution in [1.82, 2.24) is 4.57 Å². The number of anilines is 1. The number of aryl methyl sites for hydroxylation is 1. The lowest BCUT2D eigenvalue weighted by Gasteiger charge is -2.10. The second kappa shape index (κ2) is 6.26. The molecule has 0 unspecified atom stereocenters. The predicted molar refractivity (Wildman–Crippen MR) is 82.9 cm³/mol. The van der Waals surface area contributed by atoms with Gasteiger partial charge in [-0.1, -0.05) is 27.5 Å². The molecule has 5 heteroatoms. The Balaban J connectivity index is 2.14. The van der Waals surface area contributed by atoms with E-state index < -0.39 is 0 Å². The number of aromatic nitrogens is 1. The number of rotatable bonds is 4. The average molecular weight is 342 g/mol. The van der Waals surface area contributed by atoms with Crippen LogP contribution >= 0.6 is 27.5 Å². The van der Waals surface area contributed by atoms with Crippen LogP contribution in [0.15, 0.2) is 45.8 Å². The Labute approximate surface area is 125 Å². The van der Waals surface area contributed by atoms with E-state index in [9.17, 15) is 4.79 Å². The maximum Gasteiger partial charge on any atom is 0.250 e. The number of nitrogens with zero attached hydrogens (tertiary/aromatic N) is 1. The Bertz CT molecular complexity index is 640. The van der Waals surface area contributed by atoms with Gasteiger partial charge in [-0.2, -0.15) is 0 Å². The van der Waals surface area contributed by atoms with E-state index >= 15 is 0 Å². The SMILES string of the molecule is CCn1cc(NCc2cc(Cl)ccc2Br)ccc1=O. The van der Waals surface area contributed by atoms with Crippen LogP contribution in [-0.4, -0.2) is 4.57 Å². The third-order valence-electron chi connectivity index (χ3n) is 2.81. The minimum atomic E-state index is 0.0111. The molecule has 3 nitrogen and oxygen atoms in total. The lowest BCUT2D eigenvalue weighted by atomic mass is 10.2. The van der Waals surface area contributed by atoms with Gasteiger partial charge in [0, 0.05) is 34.8 Å². The van der Waals surface area contributed by atoms with Gasteiger partial charge in [0.2, 0.25) is 0 Å². The van der Waals surface area contributed by atoms with Crippen molar-refractivity contribution < 1.29 is 0 Å². The normalized spacial score (nSPS) is 10.5. The number of nitrogens with one attached hydrogen (secondary N) is 1. The molecular weight excluding hydrogens is 328 g/mol. The van der Waals surface area contributed by atoms with Crippen molar-refractivity contribution >= 4 is 33.2 Å². The zero-order valence-corrected chi connectivity index (χ0v) is 12.8. The highest BCUT2D eigenvalue weighted by Gasteiger charge is 2.02. The van der Waals surface area contributed by atoms with Crippen LogP contribution in [0.5, 0.6) is 0 Å². The third-order valence-corrected chi connectivity index (χ3v) is 3.82. The van der Waals surface area contributed by atoms with E-state index in [4.69, 9.17) is 11.6 Å². The summed E-state index contributed by atoms with van der Waals surface area (Å²) in [7, 11) is 0. The van der Waals surface area contributed by atoms with Crippen molar-refractivity contribution in [2.24, 2.45) is 0 Å². The molecule has 0 saturated carbocycles. The van der Waals surface area contributed by atoms with E-state index in [-0.39, 0.29) is 5.56 Å². The Morgan fingerprint density at radius 3 is 2.84 bits per heavy atom. The van der Waals surface area contributed by atoms with Gasteiger partial charge in [0.25, 0.3) is 5.56 Å². The van der Waals surface area contributed by atoms with Crippen LogP contribution in [0.4, 0.5) is 5.69 Å². The van der Waals surface area contributed by atoms with Crippen molar-refractivity contribution in [2.75, 3.05) is 5.32 Å². The molecule has 0 saturated heterocycles. The van der Waals surface area contributed by atoms with E-state index in [0.29, 0.717) is 18.1 Å². The first-order valence-corrected chi connectivity index (χ1v) is 7.15. The number of benzene rings is 1. The van der Waals surface area contributed by atoms with Gasteiger partial charge >= 0.3 is 0 Å². The topological polar surface area (TPSA) is 34.0 Å². The van der Waals surface area contributed by atoms with E-state index in [1.54, 1.807) is 16.7 Å². The molecule has 0 aliphatic carbocycles. The Morgan fingerprint density at radius 1 is 1.32 bits per heavy atom. The fraction of sp³-hybridized carbons (Fsp3) is 0.214. The molecule has 1 aromatic carbocycles. The van der Waals surface area contributed by atoms with Gasteiger partial charge in [-0.3, -0.25) is 4.79 Å². The van der Waals surface area contributed by atoms with Crippen LogP contribution in [0.25, 0.3) is 0 Å². The van der Waals surface area contributed by atoms with E-state index in [1.165, 1.54) is 0 Å². The second-order valence-corrected chi connectivity index (χ2v) is 5.42. The standard InChI is InChI=1S/C14H14BrClN2O/c1-2-18-9-12(4-6-14(18)19)17-8-10-7-11(16)3-5-13(10)15/h3-7,9,17H,2,8H2,1H3. The van der Waals surface area contributed by atoms with Crippen LogP contribution in [0.1, 0.15) is 12.5 Å². The van der Waals surface area contributed by atoms with Gasteiger partial charge < -0.3 is 9.88 Å². The molecule has 0 aliphatic heterocycles. The number of hydrogen-bond acceptors (Lipinski definition) is 2. The minimum absolute atomic E-state index is 0.0111. The molecule has 2 aromatic rings. The molecule has 1 heterocycles. The highest BCUT2D eigenvalue weighted by molar-refractivity contribution is 9.10. The van der Waals surface area contributed by atoms with Crippen molar-refractivity contribution in [3.63, 3.8) is 0 Å². The van der Waals surface area contributed by atoms with Crippen molar-refractivity contribution in [1.29, 1.82) is 0 Å². The summed E-state index contributed by atoms with van der Waals surface area (Å²) in [6.07, 6.45) is 1.82. The molecule has 100 valence electrons. The van der Waals surface area contributed by atoms with Crippen LogP contribution in [0.3, 0.4) is 0 Å². The fourth-order valence-corrected chi connectivity index (χ4v) is 2.34. The molecule has 0 bridgehead atoms. The Kier molecular flexibility index (Phi) is 4.66. The van der Waals surface area contributed by atoms with E-state index in [1.807, 2.05) is 31.3 Å². The van der Waals surface area contributed by atoms with Crippen molar-refractivity contribution in [3.05, 3.63) is 61.9 Å². The highest BCUT2D eigenvalue weighted by Crippen LogP contribution is 2.22. The van der Waals surface area contributed by atoms with E-state index in [0.717, 1.165) is 15.7 Å². The number of pyridine rings is 1. The lowest BCUT2D eigenvalue weighted by molar-refractivity contribution is 0.727. The smallest absolute Gasteiger partial charge is 0.250 e. The van der Waals surface area contributed by atoms with Gasteiger partial charge in [0.15, 0.2) is 0 Å². The lowest BCUT2D eigenvalue weighted by Crippen LogP contribution is -2.17. The average Bonchev–Trinajstić information content (AvgIpc) is 2.41. The van der Waals surface area contributed by atoms with Gasteiger partial charge in [-0.15, -0.1) is 0 Å². The van der Waals surface area contributed by atoms with Crippen LogP contribution in [0, 0.1) is 0 Å². The summed E-state index contributed by atoms with van der Waals surface area (Å²) >= 11 is 9.46. The molecule has 0 spiro atoms. The molecular formula is C14H14BrClN2O. The maximum atomic E-state index is 11.5. The number of hydrogen-bond donors (Lipinski definition) is 1. The molecule has 0 amide bonds. The molecule has 0 aliphatic rings. The van der Waals surface area contributed by atoms with Crippen LogP contribution in [-0.2, 0) is 13.1 Å². The Hall–Kier alpha value is -1.26. The Morgan fingerprint density at radius 2 is 2.11 bits per heavy atom. The zero-order valence-electron chi connectivity index (χ0n) is 10.5. The highest BCUT2D eigenvalue weighted by atomic mass is 79.9. The van der Waals surface area contributed by atoms with Gasteiger partial charge in [0.05, 0.1) is 5.69 Å². The van der Waals surface area contributed by atoms with Gasteiger partial charge in [0.1, 0.15) is 0 Å². The van der Waals surface area contributed by atoms with Crippen molar-refractivity contribution in [2.45, 2.75) is 20.0 Å². The maximum absolute atomic E-state index is 11.5. The number of halogens is 2. The van der Waals surface area contributed by atoms with E-state index in [2.05, 4.69) is 21.2 Å². The summed E-state index contributed by atoms with van der Waals surface area (Å²) < 4.78 is 2.67. The summed E-state index contributed by atoms with van der Waals surface area (Å²) in [5.41, 5.74) is 1.99. The molecule has 0 fully saturated rings. The quantitative estimate of drug-likeness (QED) is 0.915. The van der Waals surface area contributed by atoms with Crippen molar-refractivity contribution in [3.8, 4) is 0 Å². The fourth-order valence-electron chi connectivity index (χ4n) is 1.76. The van der Waals surface area contributed by atoms with Gasteiger partial charge in [-0.25, -0.2) is 0 Å². The monoisotopic (exact) mass is 340 g/mol. The minimum Gasteiger partial charge on any atom is -0.380 e. The molecule has 1 aromatic heterocycles. The first kappa shape index (κ1) is 14.2. The molecule has 2 rings (SSSR count). The summed E-state index contributed by atoms with van der Waals surface area (Å²) in [5.74, 6) is 0. The second-order valence-electron chi connectivity index (χ2n) is 4.13. The molecule has 0 radical (unpaired) electrons. The first-order valence-electron chi connectivity index (χ1n) is 5.98.